The van der Waals surface area contributed by atoms with Crippen molar-refractivity contribution >= 4 is 22.7 Å². The summed E-state index contributed by atoms with van der Waals surface area (Å²) in [6.07, 6.45) is 4.77. The molecule has 0 atom stereocenters. The fourth-order valence-corrected chi connectivity index (χ4v) is 5.26. The SMILES string of the molecule is O=C1NC2(CCCCC2)C(=O)N1CN1CCN(Cc2cccc3ccccc23)CC1. The van der Waals surface area contributed by atoms with Crippen LogP contribution in [0.1, 0.15) is 37.7 Å². The average Bonchev–Trinajstić information content (AvgIpc) is 2.99. The van der Waals surface area contributed by atoms with Gasteiger partial charge in [0.15, 0.2) is 0 Å². The molecule has 5 rings (SSSR count). The fraction of sp³-hybridized carbons (Fsp3) is 0.500. The number of rotatable bonds is 4. The molecule has 0 radical (unpaired) electrons. The second-order valence-electron chi connectivity index (χ2n) is 8.98. The highest BCUT2D eigenvalue weighted by molar-refractivity contribution is 6.07. The summed E-state index contributed by atoms with van der Waals surface area (Å²) < 4.78 is 0. The second-order valence-corrected chi connectivity index (χ2v) is 8.98. The van der Waals surface area contributed by atoms with Crippen LogP contribution in [0.2, 0.25) is 0 Å². The van der Waals surface area contributed by atoms with Crippen LogP contribution in [0, 0.1) is 0 Å². The van der Waals surface area contributed by atoms with Crippen molar-refractivity contribution in [3.63, 3.8) is 0 Å². The number of fused-ring (bicyclic) bond motifs is 1. The Balaban J connectivity index is 1.18. The van der Waals surface area contributed by atoms with E-state index in [9.17, 15) is 9.59 Å². The first-order chi connectivity index (χ1) is 14.6. The number of hydrogen-bond acceptors (Lipinski definition) is 4. The van der Waals surface area contributed by atoms with Gasteiger partial charge < -0.3 is 5.32 Å². The maximum absolute atomic E-state index is 13.0. The number of piperazine rings is 1. The first kappa shape index (κ1) is 19.5. The third kappa shape index (κ3) is 3.59. The van der Waals surface area contributed by atoms with Gasteiger partial charge in [-0.1, -0.05) is 61.7 Å². The number of benzene rings is 2. The van der Waals surface area contributed by atoms with E-state index >= 15 is 0 Å². The summed E-state index contributed by atoms with van der Waals surface area (Å²) >= 11 is 0. The Morgan fingerprint density at radius 2 is 1.53 bits per heavy atom. The lowest BCUT2D eigenvalue weighted by Gasteiger charge is -2.36. The first-order valence-corrected chi connectivity index (χ1v) is 11.2. The topological polar surface area (TPSA) is 55.9 Å². The van der Waals surface area contributed by atoms with E-state index in [0.29, 0.717) is 6.67 Å². The molecule has 1 N–H and O–H groups in total. The number of nitrogens with zero attached hydrogens (tertiary/aromatic N) is 3. The molecule has 0 bridgehead atoms. The maximum Gasteiger partial charge on any atom is 0.326 e. The highest BCUT2D eigenvalue weighted by Gasteiger charge is 2.51. The molecule has 2 saturated heterocycles. The van der Waals surface area contributed by atoms with Gasteiger partial charge in [-0.3, -0.25) is 14.6 Å². The molecule has 2 aromatic rings. The van der Waals surface area contributed by atoms with E-state index in [-0.39, 0.29) is 11.9 Å². The maximum atomic E-state index is 13.0. The van der Waals surface area contributed by atoms with Gasteiger partial charge in [-0.25, -0.2) is 9.69 Å². The third-order valence-electron chi connectivity index (χ3n) is 7.03. The first-order valence-electron chi connectivity index (χ1n) is 11.2. The van der Waals surface area contributed by atoms with Crippen molar-refractivity contribution in [2.45, 2.75) is 44.2 Å². The molecular weight excluding hydrogens is 376 g/mol. The minimum absolute atomic E-state index is 0.00890. The molecule has 3 aliphatic rings. The van der Waals surface area contributed by atoms with Gasteiger partial charge >= 0.3 is 6.03 Å². The van der Waals surface area contributed by atoms with E-state index in [0.717, 1.165) is 64.8 Å². The predicted octanol–water partition coefficient (Wildman–Crippen LogP) is 3.17. The fourth-order valence-electron chi connectivity index (χ4n) is 5.26. The molecule has 2 aromatic carbocycles. The van der Waals surface area contributed by atoms with Crippen molar-refractivity contribution in [3.8, 4) is 0 Å². The van der Waals surface area contributed by atoms with Crippen LogP contribution in [0.3, 0.4) is 0 Å². The number of imide groups is 1. The number of urea groups is 1. The molecule has 1 saturated carbocycles. The monoisotopic (exact) mass is 406 g/mol. The smallest absolute Gasteiger partial charge is 0.323 e. The standard InChI is InChI=1S/C24H30N4O2/c29-22-24(11-4-1-5-12-24)25-23(30)28(22)18-27-15-13-26(14-16-27)17-20-9-6-8-19-7-2-3-10-21(19)20/h2-3,6-10H,1,4-5,11-18H2,(H,25,30). The summed E-state index contributed by atoms with van der Waals surface area (Å²) in [4.78, 5) is 31.7. The molecule has 158 valence electrons. The van der Waals surface area contributed by atoms with Crippen molar-refractivity contribution in [2.24, 2.45) is 0 Å². The lowest BCUT2D eigenvalue weighted by Crippen LogP contribution is -2.52. The second kappa shape index (κ2) is 8.00. The van der Waals surface area contributed by atoms with Crippen LogP contribution >= 0.6 is 0 Å². The number of carbonyl (C=O) groups excluding carboxylic acids is 2. The van der Waals surface area contributed by atoms with Gasteiger partial charge in [0.1, 0.15) is 5.54 Å². The van der Waals surface area contributed by atoms with E-state index < -0.39 is 5.54 Å². The predicted molar refractivity (Wildman–Crippen MR) is 117 cm³/mol. The average molecular weight is 407 g/mol. The molecule has 1 aliphatic carbocycles. The Labute approximate surface area is 177 Å². The van der Waals surface area contributed by atoms with Gasteiger partial charge in [0.2, 0.25) is 0 Å². The Bertz CT molecular complexity index is 940. The van der Waals surface area contributed by atoms with Gasteiger partial charge in [-0.05, 0) is 29.2 Å². The van der Waals surface area contributed by atoms with Gasteiger partial charge in [0.05, 0.1) is 6.67 Å². The number of nitrogens with one attached hydrogen (secondary N) is 1. The molecule has 0 aromatic heterocycles. The number of carbonyl (C=O) groups is 2. The zero-order valence-corrected chi connectivity index (χ0v) is 17.5. The molecule has 1 spiro atoms. The molecule has 2 heterocycles. The van der Waals surface area contributed by atoms with Crippen molar-refractivity contribution < 1.29 is 9.59 Å². The van der Waals surface area contributed by atoms with Gasteiger partial charge in [0, 0.05) is 32.7 Å². The Morgan fingerprint density at radius 1 is 0.833 bits per heavy atom. The molecular formula is C24H30N4O2. The molecule has 0 unspecified atom stereocenters. The van der Waals surface area contributed by atoms with Crippen LogP contribution in [-0.2, 0) is 11.3 Å². The largest absolute Gasteiger partial charge is 0.326 e. The normalized spacial score (nSPS) is 22.7. The van der Waals surface area contributed by atoms with E-state index in [1.807, 2.05) is 0 Å². The van der Waals surface area contributed by atoms with Crippen molar-refractivity contribution in [1.82, 2.24) is 20.0 Å². The van der Waals surface area contributed by atoms with Crippen molar-refractivity contribution in [1.29, 1.82) is 0 Å². The minimum atomic E-state index is -0.620. The highest BCUT2D eigenvalue weighted by atomic mass is 16.2. The Kier molecular flexibility index (Phi) is 5.21. The molecule has 6 heteroatoms. The van der Waals surface area contributed by atoms with Crippen LogP contribution in [0.5, 0.6) is 0 Å². The lowest BCUT2D eigenvalue weighted by molar-refractivity contribution is -0.134. The molecule has 6 nitrogen and oxygen atoms in total. The summed E-state index contributed by atoms with van der Waals surface area (Å²) in [6.45, 7) is 4.97. The quantitative estimate of drug-likeness (QED) is 0.793. The van der Waals surface area contributed by atoms with Gasteiger partial charge in [-0.15, -0.1) is 0 Å². The lowest BCUT2D eigenvalue weighted by atomic mass is 9.82. The Morgan fingerprint density at radius 3 is 2.33 bits per heavy atom. The zero-order valence-electron chi connectivity index (χ0n) is 17.5. The molecule has 2 aliphatic heterocycles. The van der Waals surface area contributed by atoms with E-state index in [4.69, 9.17) is 0 Å². The molecule has 30 heavy (non-hydrogen) atoms. The highest BCUT2D eigenvalue weighted by Crippen LogP contribution is 2.33. The minimum Gasteiger partial charge on any atom is -0.323 e. The third-order valence-corrected chi connectivity index (χ3v) is 7.03. The van der Waals surface area contributed by atoms with Crippen LogP contribution in [0.25, 0.3) is 10.8 Å². The number of hydrogen-bond donors (Lipinski definition) is 1. The van der Waals surface area contributed by atoms with E-state index in [1.54, 1.807) is 0 Å². The summed E-state index contributed by atoms with van der Waals surface area (Å²) in [5, 5.41) is 5.62. The van der Waals surface area contributed by atoms with E-state index in [2.05, 4.69) is 57.6 Å². The molecule has 3 amide bonds. The van der Waals surface area contributed by atoms with E-state index in [1.165, 1.54) is 21.2 Å². The van der Waals surface area contributed by atoms with Crippen LogP contribution in [0.15, 0.2) is 42.5 Å². The summed E-state index contributed by atoms with van der Waals surface area (Å²) in [7, 11) is 0. The molecule has 3 fully saturated rings. The summed E-state index contributed by atoms with van der Waals surface area (Å²) in [5.74, 6) is -0.00890. The van der Waals surface area contributed by atoms with Gasteiger partial charge in [0.25, 0.3) is 5.91 Å². The van der Waals surface area contributed by atoms with Crippen LogP contribution in [0.4, 0.5) is 4.79 Å². The Hall–Kier alpha value is -2.44. The van der Waals surface area contributed by atoms with Gasteiger partial charge in [-0.2, -0.15) is 0 Å². The summed E-state index contributed by atoms with van der Waals surface area (Å²) in [5.41, 5.74) is 0.737. The van der Waals surface area contributed by atoms with Crippen molar-refractivity contribution in [2.75, 3.05) is 32.8 Å². The van der Waals surface area contributed by atoms with Crippen LogP contribution in [-0.4, -0.2) is 65.0 Å². The van der Waals surface area contributed by atoms with Crippen LogP contribution < -0.4 is 5.32 Å². The number of amides is 3. The zero-order chi connectivity index (χ0) is 20.6. The summed E-state index contributed by atoms with van der Waals surface area (Å²) in [6, 6.07) is 14.8. The van der Waals surface area contributed by atoms with Crippen molar-refractivity contribution in [3.05, 3.63) is 48.0 Å².